The van der Waals surface area contributed by atoms with Gasteiger partial charge in [0, 0.05) is 17.3 Å². The molecule has 3 aromatic rings. The summed E-state index contributed by atoms with van der Waals surface area (Å²) in [6.45, 7) is 10.3. The lowest BCUT2D eigenvalue weighted by atomic mass is 9.93. The Bertz CT molecular complexity index is 1050. The Morgan fingerprint density at radius 2 is 2.07 bits per heavy atom. The minimum absolute atomic E-state index is 0.182. The lowest BCUT2D eigenvalue weighted by molar-refractivity contribution is 0.353. The maximum absolute atomic E-state index is 13.4. The molecule has 2 unspecified atom stereocenters. The summed E-state index contributed by atoms with van der Waals surface area (Å²) in [4.78, 5) is 12.5. The number of aryl methyl sites for hydroxylation is 3. The van der Waals surface area contributed by atoms with Crippen molar-refractivity contribution in [1.29, 1.82) is 0 Å². The van der Waals surface area contributed by atoms with Crippen molar-refractivity contribution in [2.75, 3.05) is 6.61 Å². The Balaban J connectivity index is 1.73. The predicted molar refractivity (Wildman–Crippen MR) is 112 cm³/mol. The van der Waals surface area contributed by atoms with E-state index in [9.17, 15) is 4.21 Å². The van der Waals surface area contributed by atoms with Gasteiger partial charge in [-0.25, -0.2) is 4.98 Å². The van der Waals surface area contributed by atoms with E-state index < -0.39 is 10.8 Å². The van der Waals surface area contributed by atoms with Gasteiger partial charge in [-0.15, -0.1) is 0 Å². The highest BCUT2D eigenvalue weighted by Crippen LogP contribution is 2.40. The molecule has 2 heterocycles. The van der Waals surface area contributed by atoms with Crippen LogP contribution < -0.4 is 4.74 Å². The molecular weight excluding hydrogens is 370 g/mol. The summed E-state index contributed by atoms with van der Waals surface area (Å²) in [6.07, 6.45) is 6.23. The molecule has 0 fully saturated rings. The van der Waals surface area contributed by atoms with Crippen LogP contribution in [0.3, 0.4) is 0 Å². The first kappa shape index (κ1) is 18.9. The van der Waals surface area contributed by atoms with Gasteiger partial charge in [-0.2, -0.15) is 0 Å². The number of nitrogens with zero attached hydrogens (tertiary/aromatic N) is 2. The van der Waals surface area contributed by atoms with Gasteiger partial charge in [-0.1, -0.05) is 12.7 Å². The summed E-state index contributed by atoms with van der Waals surface area (Å²) in [5.74, 6) is 0.863. The molecule has 0 radical (unpaired) electrons. The number of benzene rings is 1. The highest BCUT2D eigenvalue weighted by molar-refractivity contribution is 7.85. The number of aromatic nitrogens is 3. The largest absolute Gasteiger partial charge is 0.489 e. The fourth-order valence-corrected chi connectivity index (χ4v) is 5.26. The maximum Gasteiger partial charge on any atom is 0.198 e. The van der Waals surface area contributed by atoms with E-state index in [1.165, 1.54) is 11.1 Å². The number of ether oxygens (including phenoxy) is 1. The Hall–Kier alpha value is -2.47. The second-order valence-electron chi connectivity index (χ2n) is 7.41. The van der Waals surface area contributed by atoms with Gasteiger partial charge in [0.05, 0.1) is 32.8 Å². The molecule has 0 spiro atoms. The van der Waals surface area contributed by atoms with Crippen LogP contribution in [0.5, 0.6) is 5.75 Å². The first-order valence-electron chi connectivity index (χ1n) is 9.59. The first-order chi connectivity index (χ1) is 13.5. The third-order valence-corrected chi connectivity index (χ3v) is 6.96. The molecule has 0 saturated carbocycles. The molecule has 1 aliphatic rings. The summed E-state index contributed by atoms with van der Waals surface area (Å²) in [5, 5.41) is 0.340. The van der Waals surface area contributed by atoms with Crippen LogP contribution in [0, 0.1) is 20.8 Å². The van der Waals surface area contributed by atoms with Crippen molar-refractivity contribution in [3.63, 3.8) is 0 Å². The van der Waals surface area contributed by atoms with Crippen molar-refractivity contribution >= 4 is 21.8 Å². The average Bonchev–Trinajstić information content (AvgIpc) is 3.09. The number of rotatable bonds is 5. The molecule has 28 heavy (non-hydrogen) atoms. The van der Waals surface area contributed by atoms with Crippen molar-refractivity contribution in [3.8, 4) is 5.75 Å². The van der Waals surface area contributed by atoms with E-state index in [0.29, 0.717) is 11.8 Å². The number of H-pyrrole nitrogens is 1. The third kappa shape index (κ3) is 3.26. The summed E-state index contributed by atoms with van der Waals surface area (Å²) in [5.41, 5.74) is 7.11. The molecule has 146 valence electrons. The van der Waals surface area contributed by atoms with Crippen LogP contribution in [0.2, 0.25) is 0 Å². The number of nitrogens with one attached hydrogen (secondary N) is 1. The Labute approximate surface area is 167 Å². The van der Waals surface area contributed by atoms with Gasteiger partial charge in [-0.3, -0.25) is 9.19 Å². The van der Waals surface area contributed by atoms with Crippen molar-refractivity contribution in [2.24, 2.45) is 0 Å². The molecule has 0 bridgehead atoms. The third-order valence-electron chi connectivity index (χ3n) is 5.41. The molecule has 2 atom stereocenters. The lowest BCUT2D eigenvalue weighted by Crippen LogP contribution is -2.19. The number of hydrogen-bond donors (Lipinski definition) is 1. The number of hydrogen-bond acceptors (Lipinski definition) is 4. The van der Waals surface area contributed by atoms with Crippen molar-refractivity contribution in [3.05, 3.63) is 58.9 Å². The van der Waals surface area contributed by atoms with Gasteiger partial charge in [0.25, 0.3) is 0 Å². The number of imidazole rings is 1. The van der Waals surface area contributed by atoms with Crippen LogP contribution in [0.4, 0.5) is 0 Å². The van der Waals surface area contributed by atoms with E-state index in [-0.39, 0.29) is 5.25 Å². The van der Waals surface area contributed by atoms with Crippen LogP contribution in [0.1, 0.15) is 46.0 Å². The zero-order valence-electron chi connectivity index (χ0n) is 16.5. The zero-order valence-corrected chi connectivity index (χ0v) is 17.4. The highest BCUT2D eigenvalue weighted by atomic mass is 32.2. The first-order valence-corrected chi connectivity index (χ1v) is 10.8. The topological polar surface area (TPSA) is 67.9 Å². The van der Waals surface area contributed by atoms with Crippen LogP contribution >= 0.6 is 0 Å². The summed E-state index contributed by atoms with van der Waals surface area (Å²) >= 11 is 0. The minimum Gasteiger partial charge on any atom is -0.489 e. The van der Waals surface area contributed by atoms with Gasteiger partial charge in [0.1, 0.15) is 12.4 Å². The molecule has 4 rings (SSSR count). The average molecular weight is 396 g/mol. The number of pyridine rings is 1. The van der Waals surface area contributed by atoms with E-state index in [2.05, 4.69) is 41.4 Å². The SMILES string of the molecule is C=CCOc1c(C)cnc2c1CCCC2S(=O)c1nc2cc(C)c(C)cc2[nH]1. The maximum atomic E-state index is 13.4. The number of fused-ring (bicyclic) bond motifs is 2. The van der Waals surface area contributed by atoms with E-state index in [1.54, 1.807) is 6.08 Å². The van der Waals surface area contributed by atoms with Crippen molar-refractivity contribution in [1.82, 2.24) is 15.0 Å². The van der Waals surface area contributed by atoms with Gasteiger partial charge in [0.15, 0.2) is 5.16 Å². The summed E-state index contributed by atoms with van der Waals surface area (Å²) in [6, 6.07) is 4.11. The van der Waals surface area contributed by atoms with Crippen molar-refractivity contribution < 1.29 is 8.95 Å². The molecule has 1 aliphatic carbocycles. The molecular formula is C22H25N3O2S. The molecule has 1 N–H and O–H groups in total. The normalized spacial score (nSPS) is 17.3. The van der Waals surface area contributed by atoms with Gasteiger partial charge >= 0.3 is 0 Å². The van der Waals surface area contributed by atoms with Crippen LogP contribution in [-0.2, 0) is 17.2 Å². The zero-order chi connectivity index (χ0) is 19.8. The number of aromatic amines is 1. The van der Waals surface area contributed by atoms with E-state index >= 15 is 0 Å². The quantitative estimate of drug-likeness (QED) is 0.640. The molecule has 2 aromatic heterocycles. The van der Waals surface area contributed by atoms with E-state index in [0.717, 1.165) is 52.9 Å². The minimum atomic E-state index is -1.30. The van der Waals surface area contributed by atoms with Crippen molar-refractivity contribution in [2.45, 2.75) is 50.4 Å². The van der Waals surface area contributed by atoms with E-state index in [4.69, 9.17) is 4.74 Å². The fourth-order valence-electron chi connectivity index (χ4n) is 3.81. The van der Waals surface area contributed by atoms with Gasteiger partial charge in [0.2, 0.25) is 0 Å². The van der Waals surface area contributed by atoms with Crippen LogP contribution in [0.15, 0.2) is 36.1 Å². The molecule has 5 nitrogen and oxygen atoms in total. The monoisotopic (exact) mass is 395 g/mol. The van der Waals surface area contributed by atoms with Crippen LogP contribution in [-0.4, -0.2) is 25.8 Å². The summed E-state index contributed by atoms with van der Waals surface area (Å²) in [7, 11) is -1.30. The fraction of sp³-hybridized carbons (Fsp3) is 0.364. The van der Waals surface area contributed by atoms with Gasteiger partial charge in [-0.05, 0) is 63.3 Å². The second-order valence-corrected chi connectivity index (χ2v) is 8.96. The molecule has 0 amide bonds. The molecule has 6 heteroatoms. The molecule has 0 saturated heterocycles. The predicted octanol–water partition coefficient (Wildman–Crippen LogP) is 4.63. The summed E-state index contributed by atoms with van der Waals surface area (Å²) < 4.78 is 19.3. The Morgan fingerprint density at radius 3 is 2.86 bits per heavy atom. The second kappa shape index (κ2) is 7.51. The molecule has 1 aromatic carbocycles. The highest BCUT2D eigenvalue weighted by Gasteiger charge is 2.32. The Kier molecular flexibility index (Phi) is 5.06. The van der Waals surface area contributed by atoms with E-state index in [1.807, 2.05) is 19.2 Å². The Morgan fingerprint density at radius 1 is 1.29 bits per heavy atom. The van der Waals surface area contributed by atoms with Gasteiger partial charge < -0.3 is 9.72 Å². The smallest absolute Gasteiger partial charge is 0.198 e. The standard InChI is InChI=1S/C22H25N3O2S/c1-5-9-27-21-15(4)12-23-20-16(21)7-6-8-19(20)28(26)22-24-17-10-13(2)14(3)11-18(17)25-22/h5,10-12,19H,1,6-9H2,2-4H3,(H,24,25). The van der Waals surface area contributed by atoms with Crippen LogP contribution in [0.25, 0.3) is 11.0 Å². The lowest BCUT2D eigenvalue weighted by Gasteiger charge is -2.25. The molecule has 0 aliphatic heterocycles.